The average Bonchev–Trinajstić information content (AvgIpc) is 3.91. The Morgan fingerprint density at radius 2 is 1.34 bits per heavy atom. The molecule has 0 radical (unpaired) electrons. The van der Waals surface area contributed by atoms with Gasteiger partial charge in [0.05, 0.1) is 0 Å². The first kappa shape index (κ1) is 20.0. The molecule has 11 aliphatic heterocycles. The van der Waals surface area contributed by atoms with Crippen molar-refractivity contribution in [1.29, 1.82) is 0 Å². The van der Waals surface area contributed by atoms with Gasteiger partial charge in [-0.1, -0.05) is 0 Å². The summed E-state index contributed by atoms with van der Waals surface area (Å²) in [7, 11) is 0. The summed E-state index contributed by atoms with van der Waals surface area (Å²) in [4.78, 5) is 26.2. The number of benzene rings is 3. The summed E-state index contributed by atoms with van der Waals surface area (Å²) >= 11 is 0. The zero-order chi connectivity index (χ0) is 27.0. The molecule has 6 heteroatoms. The van der Waals surface area contributed by atoms with Gasteiger partial charge < -0.3 is 0 Å². The van der Waals surface area contributed by atoms with Crippen molar-refractivity contribution >= 4 is 11.5 Å². The molecule has 14 rings (SSSR count). The van der Waals surface area contributed by atoms with E-state index in [2.05, 4.69) is 6.08 Å². The molecule has 10 fully saturated rings. The Kier molecular flexibility index (Phi) is 1.54. The molecule has 6 unspecified atom stereocenters. The minimum atomic E-state index is -3.62. The number of phenols is 2. The van der Waals surface area contributed by atoms with E-state index in [1.165, 1.54) is 0 Å². The third-order valence-electron chi connectivity index (χ3n) is 20.7. The molecule has 11 heterocycles. The Morgan fingerprint density at radius 3 is 1.80 bits per heavy atom. The van der Waals surface area contributed by atoms with Crippen LogP contribution in [0.2, 0.25) is 47.7 Å². The van der Waals surface area contributed by atoms with Crippen LogP contribution in [0.5, 0.6) is 11.5 Å². The van der Waals surface area contributed by atoms with Gasteiger partial charge in [0.15, 0.2) is 0 Å². The quantitative estimate of drug-likeness (QED) is 0.250. The number of nitrogens with zero attached hydrogens (tertiary/aromatic N) is 1. The number of aliphatic hydroxyl groups excluding tert-OH is 1. The second kappa shape index (κ2) is 3.16. The molecule has 10 saturated heterocycles. The van der Waals surface area contributed by atoms with Crippen molar-refractivity contribution in [3.05, 3.63) is 101 Å². The van der Waals surface area contributed by atoms with E-state index < -0.39 is 12.7 Å². The Bertz CT molecular complexity index is 2140. The summed E-state index contributed by atoms with van der Waals surface area (Å²) in [5, 5.41) is 31.6. The molecule has 3 N–H and O–H groups in total. The van der Waals surface area contributed by atoms with E-state index in [-0.39, 0.29) is 23.4 Å². The molecular weight excluding hydrogens is 554 g/mol. The second-order valence-corrected chi connectivity index (χ2v) is 40.8. The summed E-state index contributed by atoms with van der Waals surface area (Å²) < 4.78 is 0.447. The van der Waals surface area contributed by atoms with Crippen molar-refractivity contribution < 1.29 is 26.6 Å². The van der Waals surface area contributed by atoms with E-state index in [1.807, 2.05) is 53.4 Å². The van der Waals surface area contributed by atoms with Crippen LogP contribution in [-0.2, 0) is 6.51 Å². The first-order valence-corrected chi connectivity index (χ1v) is 21.6. The molecule has 3 aromatic rings. The molecule has 1 spiro atoms. The fourth-order valence-electron chi connectivity index (χ4n) is 21.6. The van der Waals surface area contributed by atoms with Crippen molar-refractivity contribution in [2.24, 2.45) is 0 Å². The summed E-state index contributed by atoms with van der Waals surface area (Å²) in [6.07, 6.45) is 3.20. The molecule has 41 heavy (non-hydrogen) atoms. The number of fused-ring (bicyclic) bond motifs is 11. The van der Waals surface area contributed by atoms with E-state index in [0.717, 1.165) is 78.5 Å². The fourth-order valence-corrected chi connectivity index (χ4v) is 96.8. The van der Waals surface area contributed by atoms with Crippen LogP contribution in [0.1, 0.15) is 46.1 Å². The normalized spacial score (nSPS) is 60.0. The van der Waals surface area contributed by atoms with Crippen molar-refractivity contribution in [3.8, 4) is 11.5 Å². The van der Waals surface area contributed by atoms with E-state index in [1.54, 1.807) is 24.3 Å². The predicted molar refractivity (Wildman–Crippen MR) is 150 cm³/mol. The van der Waals surface area contributed by atoms with E-state index >= 15 is 0 Å². The topological polar surface area (TPSA) is 81.0 Å². The van der Waals surface area contributed by atoms with Gasteiger partial charge in [0.25, 0.3) is 0 Å². The average molecular weight is 585 g/mol. The number of hydrogen-bond acceptors (Lipinski definition) is 4. The van der Waals surface area contributed by atoms with Gasteiger partial charge in [-0.15, -0.1) is 0 Å². The summed E-state index contributed by atoms with van der Waals surface area (Å²) in [5.41, 5.74) is 4.60. The number of carbonyl (C=O) groups excluding carboxylic acids is 1. The molecule has 1 amide bonds. The van der Waals surface area contributed by atoms with Gasteiger partial charge in [0.1, 0.15) is 0 Å². The molecular formula is C35H31FeNO4. The zero-order valence-electron chi connectivity index (χ0n) is 22.3. The number of phenolic OH excluding ortho intramolecular Hbond substituents is 2. The summed E-state index contributed by atoms with van der Waals surface area (Å²) in [6.45, 7) is -3.62. The second-order valence-electron chi connectivity index (χ2n) is 17.2. The van der Waals surface area contributed by atoms with Crippen LogP contribution >= 0.6 is 0 Å². The minimum absolute atomic E-state index is 0.0512. The maximum atomic E-state index is 14.1. The molecule has 208 valence electrons. The molecule has 0 bridgehead atoms. The Hall–Kier alpha value is -3.05. The Morgan fingerprint density at radius 1 is 0.805 bits per heavy atom. The zero-order valence-corrected chi connectivity index (χ0v) is 23.4. The van der Waals surface area contributed by atoms with Gasteiger partial charge >= 0.3 is 228 Å². The van der Waals surface area contributed by atoms with Gasteiger partial charge in [-0.25, -0.2) is 0 Å². The maximum absolute atomic E-state index is 14.1. The molecule has 0 aromatic heterocycles. The van der Waals surface area contributed by atoms with Crippen molar-refractivity contribution in [2.45, 2.75) is 72.8 Å². The predicted octanol–water partition coefficient (Wildman–Crippen LogP) is 7.58. The number of amides is 1. The van der Waals surface area contributed by atoms with E-state index in [0.29, 0.717) is 9.88 Å². The van der Waals surface area contributed by atoms with Gasteiger partial charge in [0, 0.05) is 0 Å². The molecule has 3 aromatic carbocycles. The van der Waals surface area contributed by atoms with Crippen LogP contribution in [0.25, 0.3) is 5.57 Å². The SMILES string of the molecule is O=C1c2ccccc2C(O)N1C(CCC=C(c1ccc(O)cc1)c1ccc(O)cc1)[C]12[CH]3[CH]4[CH]5[CH]1[Fe]45321678[CH]2[CH]1[CH]6[CH]7[CH]28. The van der Waals surface area contributed by atoms with Crippen LogP contribution < -0.4 is 0 Å². The van der Waals surface area contributed by atoms with Crippen LogP contribution in [-0.4, -0.2) is 32.2 Å². The van der Waals surface area contributed by atoms with Crippen LogP contribution in [0.3, 0.4) is 0 Å². The van der Waals surface area contributed by atoms with Crippen molar-refractivity contribution in [1.82, 2.24) is 4.90 Å². The Balaban J connectivity index is 0.917. The first-order chi connectivity index (χ1) is 19.7. The molecule has 6 atom stereocenters. The number of allylic oxidation sites excluding steroid dienone is 1. The van der Waals surface area contributed by atoms with E-state index in [4.69, 9.17) is 0 Å². The number of aliphatic hydroxyl groups is 1. The van der Waals surface area contributed by atoms with Gasteiger partial charge in [-0.2, -0.15) is 0 Å². The third-order valence-corrected chi connectivity index (χ3v) is 63.4. The summed E-state index contributed by atoms with van der Waals surface area (Å²) in [5.74, 6) is 0.528. The Labute approximate surface area is 227 Å². The number of carbonyl (C=O) groups is 1. The van der Waals surface area contributed by atoms with Gasteiger partial charge in [-0.3, -0.25) is 0 Å². The number of hydrogen-bond donors (Lipinski definition) is 3. The van der Waals surface area contributed by atoms with Crippen LogP contribution in [0, 0.1) is 0 Å². The van der Waals surface area contributed by atoms with Gasteiger partial charge in [0.2, 0.25) is 0 Å². The van der Waals surface area contributed by atoms with Gasteiger partial charge in [-0.05, 0) is 0 Å². The molecule has 0 aliphatic carbocycles. The van der Waals surface area contributed by atoms with E-state index in [9.17, 15) is 20.1 Å². The number of aromatic hydroxyl groups is 2. The standard InChI is InChI=1S/C30H26NO4.C5H5.Fe/c32-23-16-12-20(13-17-23)25(21-14-18-24(33)19-15-21)10-5-11-28(22-6-1-2-7-22)31-29(34)26-8-3-4-9-27(26)30(31)35;1-2-4-5-3-1;/h1-4,6-10,12-19,28-29,32-34H,5,11H2;1-5H;. The van der Waals surface area contributed by atoms with Crippen molar-refractivity contribution in [3.63, 3.8) is 0 Å². The summed E-state index contributed by atoms with van der Waals surface area (Å²) in [6, 6.07) is 22.5. The fraction of sp³-hybridized carbons (Fsp3) is 0.400. The van der Waals surface area contributed by atoms with Crippen LogP contribution in [0.15, 0.2) is 78.9 Å². The number of rotatable bonds is 7. The monoisotopic (exact) mass is 585 g/mol. The molecule has 0 saturated carbocycles. The van der Waals surface area contributed by atoms with Crippen LogP contribution in [0.4, 0.5) is 0 Å². The van der Waals surface area contributed by atoms with Crippen molar-refractivity contribution in [2.75, 3.05) is 0 Å². The molecule has 5 nitrogen and oxygen atoms in total. The molecule has 11 aliphatic rings. The first-order valence-electron chi connectivity index (χ1n) is 15.3. The third kappa shape index (κ3) is 0.572.